The number of phenols is 1. The van der Waals surface area contributed by atoms with Crippen LogP contribution in [0.25, 0.3) is 0 Å². The number of aromatic hydroxyl groups is 1. The van der Waals surface area contributed by atoms with E-state index in [0.29, 0.717) is 12.5 Å². The molecule has 1 aliphatic heterocycles. The Balaban J connectivity index is 1.64. The summed E-state index contributed by atoms with van der Waals surface area (Å²) in [6.07, 6.45) is -0.989. The van der Waals surface area contributed by atoms with Crippen LogP contribution in [0.15, 0.2) is 53.5 Å². The molecule has 7 heteroatoms. The number of nitrogens with zero attached hydrogens (tertiary/aromatic N) is 3. The van der Waals surface area contributed by atoms with Crippen molar-refractivity contribution in [1.82, 2.24) is 10.2 Å². The lowest BCUT2D eigenvalue weighted by Crippen LogP contribution is -2.52. The van der Waals surface area contributed by atoms with Gasteiger partial charge in [0.25, 0.3) is 0 Å². The van der Waals surface area contributed by atoms with Crippen molar-refractivity contribution in [3.63, 3.8) is 0 Å². The first-order valence-corrected chi connectivity index (χ1v) is 9.59. The van der Waals surface area contributed by atoms with Crippen LogP contribution in [0.5, 0.6) is 5.75 Å². The molecule has 1 saturated heterocycles. The maximum absolute atomic E-state index is 13.8. The summed E-state index contributed by atoms with van der Waals surface area (Å²) in [5.74, 6) is 0.561. The van der Waals surface area contributed by atoms with Crippen molar-refractivity contribution in [3.8, 4) is 5.75 Å². The van der Waals surface area contributed by atoms with Crippen LogP contribution in [-0.2, 0) is 0 Å². The smallest absolute Gasteiger partial charge is 0.194 e. The highest BCUT2D eigenvalue weighted by molar-refractivity contribution is 5.80. The number of halogens is 1. The zero-order valence-corrected chi connectivity index (χ0v) is 16.1. The molecule has 1 atom stereocenters. The van der Waals surface area contributed by atoms with Gasteiger partial charge < -0.3 is 25.3 Å². The van der Waals surface area contributed by atoms with E-state index in [1.54, 1.807) is 24.3 Å². The molecule has 2 aromatic carbocycles. The molecule has 1 fully saturated rings. The average Bonchev–Trinajstić information content (AvgIpc) is 2.72. The minimum Gasteiger partial charge on any atom is -0.506 e. The lowest BCUT2D eigenvalue weighted by Gasteiger charge is -2.38. The number of hydrogen-bond acceptors (Lipinski definition) is 4. The third kappa shape index (κ3) is 4.72. The number of rotatable bonds is 5. The Kier molecular flexibility index (Phi) is 6.71. The molecule has 3 N–H and O–H groups in total. The molecule has 2 aromatic rings. The van der Waals surface area contributed by atoms with E-state index >= 15 is 0 Å². The molecule has 0 spiro atoms. The average molecular weight is 386 g/mol. The van der Waals surface area contributed by atoms with E-state index in [9.17, 15) is 14.6 Å². The van der Waals surface area contributed by atoms with Crippen LogP contribution in [0.4, 0.5) is 10.1 Å². The Morgan fingerprint density at radius 1 is 1.11 bits per heavy atom. The van der Waals surface area contributed by atoms with Crippen LogP contribution < -0.4 is 10.2 Å². The Morgan fingerprint density at radius 2 is 1.79 bits per heavy atom. The lowest BCUT2D eigenvalue weighted by atomic mass is 10.1. The standard InChI is InChI=1S/C21H27FN4O2/c1-2-23-21(24-15-20(28)16-7-3-4-8-17(16)22)26-13-11-25(12-14-26)18-9-5-6-10-19(18)27/h3-10,20,27-28H,2,11-15H2,1H3,(H,23,24). The summed E-state index contributed by atoms with van der Waals surface area (Å²) < 4.78 is 13.8. The van der Waals surface area contributed by atoms with Crippen molar-refractivity contribution in [2.45, 2.75) is 13.0 Å². The summed E-state index contributed by atoms with van der Waals surface area (Å²) in [5.41, 5.74) is 1.09. The number of aliphatic imine (C=N–C) groups is 1. The normalized spacial score (nSPS) is 16.2. The Morgan fingerprint density at radius 3 is 2.46 bits per heavy atom. The minimum absolute atomic E-state index is 0.0863. The van der Waals surface area contributed by atoms with Gasteiger partial charge in [0.2, 0.25) is 0 Å². The second-order valence-electron chi connectivity index (χ2n) is 6.69. The van der Waals surface area contributed by atoms with Crippen LogP contribution in [-0.4, -0.2) is 60.3 Å². The Bertz CT molecular complexity index is 806. The van der Waals surface area contributed by atoms with E-state index in [1.165, 1.54) is 6.07 Å². The summed E-state index contributed by atoms with van der Waals surface area (Å²) in [6, 6.07) is 13.5. The molecule has 1 aliphatic rings. The van der Waals surface area contributed by atoms with Crippen molar-refractivity contribution in [2.75, 3.05) is 44.2 Å². The van der Waals surface area contributed by atoms with Crippen molar-refractivity contribution in [1.29, 1.82) is 0 Å². The van der Waals surface area contributed by atoms with Crippen LogP contribution in [0.2, 0.25) is 0 Å². The summed E-state index contributed by atoms with van der Waals surface area (Å²) in [6.45, 7) is 5.74. The van der Waals surface area contributed by atoms with Crippen LogP contribution in [0.1, 0.15) is 18.6 Å². The maximum Gasteiger partial charge on any atom is 0.194 e. The quantitative estimate of drug-likeness (QED) is 0.544. The van der Waals surface area contributed by atoms with Crippen molar-refractivity contribution >= 4 is 11.6 Å². The largest absolute Gasteiger partial charge is 0.506 e. The van der Waals surface area contributed by atoms with Gasteiger partial charge in [0.15, 0.2) is 5.96 Å². The fourth-order valence-corrected chi connectivity index (χ4v) is 3.33. The molecule has 0 amide bonds. The van der Waals surface area contributed by atoms with Gasteiger partial charge in [-0.05, 0) is 25.1 Å². The van der Waals surface area contributed by atoms with Crippen molar-refractivity contribution in [3.05, 3.63) is 59.9 Å². The van der Waals surface area contributed by atoms with Gasteiger partial charge in [-0.3, -0.25) is 4.99 Å². The van der Waals surface area contributed by atoms with Gasteiger partial charge in [0.05, 0.1) is 12.2 Å². The molecule has 6 nitrogen and oxygen atoms in total. The predicted molar refractivity (Wildman–Crippen MR) is 109 cm³/mol. The van der Waals surface area contributed by atoms with Gasteiger partial charge in [-0.15, -0.1) is 0 Å². The van der Waals surface area contributed by atoms with Gasteiger partial charge in [0.1, 0.15) is 17.7 Å². The van der Waals surface area contributed by atoms with E-state index in [0.717, 1.165) is 31.9 Å². The minimum atomic E-state index is -0.989. The van der Waals surface area contributed by atoms with Crippen molar-refractivity contribution in [2.24, 2.45) is 4.99 Å². The molecule has 0 saturated carbocycles. The lowest BCUT2D eigenvalue weighted by molar-refractivity contribution is 0.181. The summed E-state index contributed by atoms with van der Waals surface area (Å²) in [5, 5.41) is 23.6. The fraction of sp³-hybridized carbons (Fsp3) is 0.381. The van der Waals surface area contributed by atoms with Crippen LogP contribution >= 0.6 is 0 Å². The molecule has 0 bridgehead atoms. The summed E-state index contributed by atoms with van der Waals surface area (Å²) in [7, 11) is 0. The zero-order valence-electron chi connectivity index (χ0n) is 16.1. The van der Waals surface area contributed by atoms with Gasteiger partial charge in [-0.1, -0.05) is 30.3 Å². The molecular weight excluding hydrogens is 359 g/mol. The number of aliphatic hydroxyl groups excluding tert-OH is 1. The molecule has 3 rings (SSSR count). The summed E-state index contributed by atoms with van der Waals surface area (Å²) in [4.78, 5) is 8.78. The number of guanidine groups is 1. The molecule has 0 aliphatic carbocycles. The van der Waals surface area contributed by atoms with Crippen LogP contribution in [0, 0.1) is 5.82 Å². The highest BCUT2D eigenvalue weighted by Crippen LogP contribution is 2.27. The second-order valence-corrected chi connectivity index (χ2v) is 6.69. The van der Waals surface area contributed by atoms with Gasteiger partial charge >= 0.3 is 0 Å². The molecular formula is C21H27FN4O2. The van der Waals surface area contributed by atoms with Gasteiger partial charge in [0, 0.05) is 38.3 Å². The summed E-state index contributed by atoms with van der Waals surface area (Å²) >= 11 is 0. The van der Waals surface area contributed by atoms with E-state index in [1.807, 2.05) is 25.1 Å². The molecule has 28 heavy (non-hydrogen) atoms. The number of benzene rings is 2. The monoisotopic (exact) mass is 386 g/mol. The molecule has 0 aromatic heterocycles. The Labute approximate surface area is 164 Å². The molecule has 1 unspecified atom stereocenters. The highest BCUT2D eigenvalue weighted by atomic mass is 19.1. The zero-order chi connectivity index (χ0) is 19.9. The maximum atomic E-state index is 13.8. The molecule has 1 heterocycles. The SMILES string of the molecule is CCNC(=NCC(O)c1ccccc1F)N1CCN(c2ccccc2O)CC1. The topological polar surface area (TPSA) is 71.3 Å². The first-order valence-electron chi connectivity index (χ1n) is 9.59. The number of aliphatic hydroxyl groups is 1. The number of para-hydroxylation sites is 2. The van der Waals surface area contributed by atoms with Crippen molar-refractivity contribution < 1.29 is 14.6 Å². The molecule has 150 valence electrons. The fourth-order valence-electron chi connectivity index (χ4n) is 3.33. The van der Waals surface area contributed by atoms with Gasteiger partial charge in [-0.2, -0.15) is 0 Å². The third-order valence-electron chi connectivity index (χ3n) is 4.81. The van der Waals surface area contributed by atoms with E-state index in [-0.39, 0.29) is 17.9 Å². The van der Waals surface area contributed by atoms with E-state index in [4.69, 9.17) is 0 Å². The number of phenolic OH excluding ortho intramolecular Hbond substituents is 1. The third-order valence-corrected chi connectivity index (χ3v) is 4.81. The predicted octanol–water partition coefficient (Wildman–Crippen LogP) is 2.35. The first-order chi connectivity index (χ1) is 13.6. The molecule has 0 radical (unpaired) electrons. The Hall–Kier alpha value is -2.80. The second kappa shape index (κ2) is 9.41. The van der Waals surface area contributed by atoms with Crippen LogP contribution in [0.3, 0.4) is 0 Å². The highest BCUT2D eigenvalue weighted by Gasteiger charge is 2.22. The number of anilines is 1. The number of hydrogen-bond donors (Lipinski definition) is 3. The number of nitrogens with one attached hydrogen (secondary N) is 1. The van der Waals surface area contributed by atoms with E-state index in [2.05, 4.69) is 20.1 Å². The number of piperazine rings is 1. The van der Waals surface area contributed by atoms with Gasteiger partial charge in [-0.25, -0.2) is 4.39 Å². The van der Waals surface area contributed by atoms with E-state index < -0.39 is 11.9 Å². The first kappa shape index (κ1) is 19.9.